The highest BCUT2D eigenvalue weighted by atomic mass is 16.2. The maximum atomic E-state index is 12.0. The van der Waals surface area contributed by atoms with Gasteiger partial charge in [0.15, 0.2) is 5.78 Å². The zero-order valence-electron chi connectivity index (χ0n) is 14.7. The van der Waals surface area contributed by atoms with Gasteiger partial charge in [0.25, 0.3) is 5.91 Å². The molecular formula is C19H20N4O4. The van der Waals surface area contributed by atoms with E-state index in [1.165, 1.54) is 6.92 Å². The molecule has 0 saturated carbocycles. The summed E-state index contributed by atoms with van der Waals surface area (Å²) >= 11 is 0. The molecule has 0 radical (unpaired) electrons. The molecule has 0 heterocycles. The highest BCUT2D eigenvalue weighted by Crippen LogP contribution is 2.11. The molecule has 0 aliphatic rings. The van der Waals surface area contributed by atoms with Crippen LogP contribution in [-0.4, -0.2) is 30.2 Å². The number of benzene rings is 2. The van der Waals surface area contributed by atoms with Gasteiger partial charge in [0.1, 0.15) is 0 Å². The first-order valence-corrected chi connectivity index (χ1v) is 8.16. The second-order valence-corrected chi connectivity index (χ2v) is 5.79. The highest BCUT2D eigenvalue weighted by molar-refractivity contribution is 5.97. The van der Waals surface area contributed by atoms with E-state index in [0.717, 1.165) is 5.56 Å². The molecule has 0 atom stereocenters. The molecule has 0 aliphatic carbocycles. The standard InChI is InChI=1S/C19H20N4O4/c1-12(24)15-3-2-4-16(9-15)23-19(27)22-10-13-5-7-14(8-6-13)18(26)21-11-17(20)25/h2-9H,10-11H2,1H3,(H2,20,25)(H,21,26)(H2,22,23,27). The number of hydrogen-bond donors (Lipinski definition) is 4. The van der Waals surface area contributed by atoms with E-state index in [-0.39, 0.29) is 18.9 Å². The fourth-order valence-corrected chi connectivity index (χ4v) is 2.22. The highest BCUT2D eigenvalue weighted by Gasteiger charge is 2.07. The normalized spacial score (nSPS) is 9.96. The predicted octanol–water partition coefficient (Wildman–Crippen LogP) is 1.43. The Labute approximate surface area is 156 Å². The lowest BCUT2D eigenvalue weighted by Crippen LogP contribution is -2.33. The van der Waals surface area contributed by atoms with Crippen LogP contribution >= 0.6 is 0 Å². The number of nitrogens with one attached hydrogen (secondary N) is 3. The maximum Gasteiger partial charge on any atom is 0.319 e. The van der Waals surface area contributed by atoms with Crippen molar-refractivity contribution in [3.05, 3.63) is 65.2 Å². The molecule has 140 valence electrons. The van der Waals surface area contributed by atoms with Crippen molar-refractivity contribution in [2.75, 3.05) is 11.9 Å². The number of urea groups is 1. The van der Waals surface area contributed by atoms with Crippen LogP contribution in [0.4, 0.5) is 10.5 Å². The van der Waals surface area contributed by atoms with Gasteiger partial charge in [-0.3, -0.25) is 14.4 Å². The van der Waals surface area contributed by atoms with Gasteiger partial charge in [-0.1, -0.05) is 24.3 Å². The fraction of sp³-hybridized carbons (Fsp3) is 0.158. The lowest BCUT2D eigenvalue weighted by atomic mass is 10.1. The molecule has 0 bridgehead atoms. The first-order chi connectivity index (χ1) is 12.8. The number of ketones is 1. The van der Waals surface area contributed by atoms with E-state index < -0.39 is 17.8 Å². The number of amides is 4. The Kier molecular flexibility index (Phi) is 6.65. The van der Waals surface area contributed by atoms with E-state index in [2.05, 4.69) is 16.0 Å². The molecule has 2 aromatic rings. The van der Waals surface area contributed by atoms with Gasteiger partial charge in [0, 0.05) is 23.4 Å². The minimum atomic E-state index is -0.621. The van der Waals surface area contributed by atoms with E-state index >= 15 is 0 Å². The summed E-state index contributed by atoms with van der Waals surface area (Å²) in [7, 11) is 0. The third-order valence-corrected chi connectivity index (χ3v) is 3.62. The van der Waals surface area contributed by atoms with Crippen molar-refractivity contribution in [2.24, 2.45) is 5.73 Å². The topological polar surface area (TPSA) is 130 Å². The Bertz CT molecular complexity index is 862. The van der Waals surface area contributed by atoms with Gasteiger partial charge in [0.05, 0.1) is 6.54 Å². The average molecular weight is 368 g/mol. The smallest absolute Gasteiger partial charge is 0.319 e. The van der Waals surface area contributed by atoms with Crippen LogP contribution in [0.2, 0.25) is 0 Å². The van der Waals surface area contributed by atoms with Crippen molar-refractivity contribution in [3.8, 4) is 0 Å². The predicted molar refractivity (Wildman–Crippen MR) is 100 cm³/mol. The van der Waals surface area contributed by atoms with Crippen molar-refractivity contribution in [3.63, 3.8) is 0 Å². The van der Waals surface area contributed by atoms with E-state index in [9.17, 15) is 19.2 Å². The van der Waals surface area contributed by atoms with Gasteiger partial charge in [-0.15, -0.1) is 0 Å². The zero-order chi connectivity index (χ0) is 19.8. The zero-order valence-corrected chi connectivity index (χ0v) is 14.7. The van der Waals surface area contributed by atoms with Crippen molar-refractivity contribution < 1.29 is 19.2 Å². The van der Waals surface area contributed by atoms with E-state index in [1.807, 2.05) is 0 Å². The van der Waals surface area contributed by atoms with E-state index in [1.54, 1.807) is 48.5 Å². The molecule has 27 heavy (non-hydrogen) atoms. The number of hydrogen-bond acceptors (Lipinski definition) is 4. The Morgan fingerprint density at radius 2 is 1.63 bits per heavy atom. The lowest BCUT2D eigenvalue weighted by Gasteiger charge is -2.09. The summed E-state index contributed by atoms with van der Waals surface area (Å²) in [6.07, 6.45) is 0. The SMILES string of the molecule is CC(=O)c1cccc(NC(=O)NCc2ccc(C(=O)NCC(N)=O)cc2)c1. The van der Waals surface area contributed by atoms with Crippen LogP contribution in [0.3, 0.4) is 0 Å². The minimum absolute atomic E-state index is 0.0842. The molecule has 2 aromatic carbocycles. The van der Waals surface area contributed by atoms with Gasteiger partial charge in [0.2, 0.25) is 5.91 Å². The van der Waals surface area contributed by atoms with Gasteiger partial charge in [-0.25, -0.2) is 4.79 Å². The largest absolute Gasteiger partial charge is 0.368 e. The van der Waals surface area contributed by atoms with E-state index in [0.29, 0.717) is 16.8 Å². The molecule has 8 heteroatoms. The Hall–Kier alpha value is -3.68. The molecule has 0 aliphatic heterocycles. The number of Topliss-reactive ketones (excluding diaryl/α,β-unsaturated/α-hetero) is 1. The van der Waals surface area contributed by atoms with Crippen LogP contribution in [0, 0.1) is 0 Å². The summed E-state index contributed by atoms with van der Waals surface area (Å²) in [4.78, 5) is 45.8. The fourth-order valence-electron chi connectivity index (χ4n) is 2.22. The second-order valence-electron chi connectivity index (χ2n) is 5.79. The molecule has 0 aromatic heterocycles. The number of carbonyl (C=O) groups excluding carboxylic acids is 4. The number of carbonyl (C=O) groups is 4. The van der Waals surface area contributed by atoms with Crippen molar-refractivity contribution in [1.82, 2.24) is 10.6 Å². The monoisotopic (exact) mass is 368 g/mol. The third kappa shape index (κ3) is 6.28. The summed E-state index contributed by atoms with van der Waals surface area (Å²) in [5.74, 6) is -1.11. The van der Waals surface area contributed by atoms with Crippen LogP contribution in [0.5, 0.6) is 0 Å². The summed E-state index contributed by atoms with van der Waals surface area (Å²) in [5.41, 5.74) is 7.17. The number of primary amides is 1. The van der Waals surface area contributed by atoms with Crippen LogP contribution < -0.4 is 21.7 Å². The number of rotatable bonds is 7. The molecular weight excluding hydrogens is 348 g/mol. The summed E-state index contributed by atoms with van der Waals surface area (Å²) in [6, 6.07) is 12.8. The first kappa shape index (κ1) is 19.6. The molecule has 0 spiro atoms. The van der Waals surface area contributed by atoms with Gasteiger partial charge in [-0.2, -0.15) is 0 Å². The minimum Gasteiger partial charge on any atom is -0.368 e. The van der Waals surface area contributed by atoms with E-state index in [4.69, 9.17) is 5.73 Å². The molecule has 0 unspecified atom stereocenters. The molecule has 0 fully saturated rings. The Morgan fingerprint density at radius 1 is 0.926 bits per heavy atom. The van der Waals surface area contributed by atoms with Crippen molar-refractivity contribution in [2.45, 2.75) is 13.5 Å². The Balaban J connectivity index is 1.86. The van der Waals surface area contributed by atoms with Crippen LogP contribution in [0.1, 0.15) is 33.2 Å². The quantitative estimate of drug-likeness (QED) is 0.551. The summed E-state index contributed by atoms with van der Waals surface area (Å²) in [6.45, 7) is 1.48. The molecule has 4 amide bonds. The molecule has 5 N–H and O–H groups in total. The van der Waals surface area contributed by atoms with Crippen LogP contribution in [-0.2, 0) is 11.3 Å². The second kappa shape index (κ2) is 9.14. The van der Waals surface area contributed by atoms with Crippen molar-refractivity contribution in [1.29, 1.82) is 0 Å². The first-order valence-electron chi connectivity index (χ1n) is 8.16. The van der Waals surface area contributed by atoms with Crippen LogP contribution in [0.15, 0.2) is 48.5 Å². The molecule has 2 rings (SSSR count). The lowest BCUT2D eigenvalue weighted by molar-refractivity contribution is -0.117. The summed E-state index contributed by atoms with van der Waals surface area (Å²) < 4.78 is 0. The number of nitrogens with two attached hydrogens (primary N) is 1. The maximum absolute atomic E-state index is 12.0. The summed E-state index contributed by atoms with van der Waals surface area (Å²) in [5, 5.41) is 7.73. The van der Waals surface area contributed by atoms with Crippen molar-refractivity contribution >= 4 is 29.3 Å². The van der Waals surface area contributed by atoms with Gasteiger partial charge >= 0.3 is 6.03 Å². The third-order valence-electron chi connectivity index (χ3n) is 3.62. The number of anilines is 1. The molecule has 0 saturated heterocycles. The van der Waals surface area contributed by atoms with Gasteiger partial charge < -0.3 is 21.7 Å². The van der Waals surface area contributed by atoms with Gasteiger partial charge in [-0.05, 0) is 36.8 Å². The van der Waals surface area contributed by atoms with Crippen LogP contribution in [0.25, 0.3) is 0 Å². The average Bonchev–Trinajstić information content (AvgIpc) is 2.65. The Morgan fingerprint density at radius 3 is 2.26 bits per heavy atom. The molecule has 8 nitrogen and oxygen atoms in total.